The predicted octanol–water partition coefficient (Wildman–Crippen LogP) is 2.23. The summed E-state index contributed by atoms with van der Waals surface area (Å²) in [7, 11) is 1.67. The van der Waals surface area contributed by atoms with Gasteiger partial charge in [-0.15, -0.1) is 0 Å². The van der Waals surface area contributed by atoms with Crippen LogP contribution in [0.15, 0.2) is 24.5 Å². The second-order valence-electron chi connectivity index (χ2n) is 4.26. The maximum absolute atomic E-state index is 5.61. The van der Waals surface area contributed by atoms with Crippen LogP contribution in [0.1, 0.15) is 16.8 Å². The lowest BCUT2D eigenvalue weighted by Gasteiger charge is -2.12. The van der Waals surface area contributed by atoms with Crippen LogP contribution in [-0.2, 0) is 6.54 Å². The fourth-order valence-electron chi connectivity index (χ4n) is 2.07. The van der Waals surface area contributed by atoms with Crippen LogP contribution in [0.5, 0.6) is 5.75 Å². The van der Waals surface area contributed by atoms with Crippen LogP contribution >= 0.6 is 0 Å². The van der Waals surface area contributed by atoms with Crippen LogP contribution < -0.4 is 10.5 Å². The molecule has 1 heterocycles. The molecule has 0 aliphatic rings. The van der Waals surface area contributed by atoms with Crippen molar-refractivity contribution in [3.8, 4) is 17.0 Å². The second kappa shape index (κ2) is 5.14. The van der Waals surface area contributed by atoms with Crippen molar-refractivity contribution in [1.29, 1.82) is 0 Å². The van der Waals surface area contributed by atoms with Crippen LogP contribution in [0, 0.1) is 13.8 Å². The summed E-state index contributed by atoms with van der Waals surface area (Å²) in [4.78, 5) is 8.41. The Bertz CT molecular complexity index is 567. The van der Waals surface area contributed by atoms with Crippen LogP contribution in [0.2, 0.25) is 0 Å². The molecule has 2 aromatic rings. The summed E-state index contributed by atoms with van der Waals surface area (Å²) in [6, 6.07) is 6.05. The number of rotatable bonds is 3. The van der Waals surface area contributed by atoms with E-state index in [-0.39, 0.29) is 0 Å². The molecule has 4 heteroatoms. The van der Waals surface area contributed by atoms with E-state index in [1.165, 1.54) is 11.9 Å². The van der Waals surface area contributed by atoms with Gasteiger partial charge >= 0.3 is 0 Å². The highest BCUT2D eigenvalue weighted by atomic mass is 16.5. The van der Waals surface area contributed by atoms with Crippen molar-refractivity contribution in [2.75, 3.05) is 7.11 Å². The van der Waals surface area contributed by atoms with Crippen molar-refractivity contribution in [2.24, 2.45) is 5.73 Å². The summed E-state index contributed by atoms with van der Waals surface area (Å²) in [5.41, 5.74) is 10.5. The molecule has 2 rings (SSSR count). The first-order chi connectivity index (χ1) is 8.65. The molecule has 0 fully saturated rings. The first-order valence-electron chi connectivity index (χ1n) is 5.82. The van der Waals surface area contributed by atoms with Gasteiger partial charge < -0.3 is 10.5 Å². The van der Waals surface area contributed by atoms with Crippen molar-refractivity contribution in [2.45, 2.75) is 20.4 Å². The molecule has 1 aromatic carbocycles. The average Bonchev–Trinajstić information content (AvgIpc) is 2.38. The lowest BCUT2D eigenvalue weighted by Crippen LogP contribution is -2.01. The monoisotopic (exact) mass is 243 g/mol. The van der Waals surface area contributed by atoms with E-state index in [4.69, 9.17) is 10.5 Å². The molecule has 0 saturated heterocycles. The van der Waals surface area contributed by atoms with Gasteiger partial charge in [0, 0.05) is 12.1 Å². The highest BCUT2D eigenvalue weighted by Gasteiger charge is 2.11. The number of hydrogen-bond acceptors (Lipinski definition) is 4. The maximum atomic E-state index is 5.61. The van der Waals surface area contributed by atoms with Gasteiger partial charge in [0.2, 0.25) is 0 Å². The molecule has 0 atom stereocenters. The van der Waals surface area contributed by atoms with E-state index < -0.39 is 0 Å². The summed E-state index contributed by atoms with van der Waals surface area (Å²) >= 11 is 0. The topological polar surface area (TPSA) is 61.0 Å². The molecular formula is C14H17N3O. The van der Waals surface area contributed by atoms with Gasteiger partial charge in [0.15, 0.2) is 0 Å². The van der Waals surface area contributed by atoms with E-state index in [2.05, 4.69) is 29.0 Å². The Hall–Kier alpha value is -1.94. The molecule has 18 heavy (non-hydrogen) atoms. The number of nitrogens with two attached hydrogens (primary N) is 1. The third-order valence-electron chi connectivity index (χ3n) is 2.83. The Kier molecular flexibility index (Phi) is 3.58. The van der Waals surface area contributed by atoms with Gasteiger partial charge in [0.05, 0.1) is 18.5 Å². The molecule has 0 radical (unpaired) electrons. The van der Waals surface area contributed by atoms with Crippen molar-refractivity contribution in [3.63, 3.8) is 0 Å². The highest BCUT2D eigenvalue weighted by Crippen LogP contribution is 2.32. The summed E-state index contributed by atoms with van der Waals surface area (Å²) in [5.74, 6) is 0.849. The molecule has 0 spiro atoms. The third-order valence-corrected chi connectivity index (χ3v) is 2.83. The fraction of sp³-hybridized carbons (Fsp3) is 0.286. The van der Waals surface area contributed by atoms with Gasteiger partial charge in [-0.1, -0.05) is 6.07 Å². The minimum absolute atomic E-state index is 0.405. The molecule has 1 aromatic heterocycles. The number of methoxy groups -OCH3 is 1. The molecule has 0 aliphatic carbocycles. The SMILES string of the molecule is COc1c(C)cc(C)cc1-c1cc(CN)ncn1. The first kappa shape index (κ1) is 12.5. The van der Waals surface area contributed by atoms with Crippen LogP contribution in [0.4, 0.5) is 0 Å². The van der Waals surface area contributed by atoms with Gasteiger partial charge in [-0.05, 0) is 37.1 Å². The molecular weight excluding hydrogens is 226 g/mol. The number of aromatic nitrogens is 2. The summed E-state index contributed by atoms with van der Waals surface area (Å²) in [6.45, 7) is 4.49. The molecule has 0 unspecified atom stereocenters. The number of ether oxygens (including phenoxy) is 1. The zero-order valence-electron chi connectivity index (χ0n) is 10.9. The highest BCUT2D eigenvalue weighted by molar-refractivity contribution is 5.70. The molecule has 0 bridgehead atoms. The summed E-state index contributed by atoms with van der Waals surface area (Å²) < 4.78 is 5.47. The Morgan fingerprint density at radius 2 is 1.94 bits per heavy atom. The van der Waals surface area contributed by atoms with Gasteiger partial charge in [-0.2, -0.15) is 0 Å². The van der Waals surface area contributed by atoms with E-state index >= 15 is 0 Å². The van der Waals surface area contributed by atoms with Crippen molar-refractivity contribution in [1.82, 2.24) is 9.97 Å². The van der Waals surface area contributed by atoms with Crippen LogP contribution in [-0.4, -0.2) is 17.1 Å². The lowest BCUT2D eigenvalue weighted by atomic mass is 10.0. The Morgan fingerprint density at radius 3 is 2.61 bits per heavy atom. The van der Waals surface area contributed by atoms with Gasteiger partial charge in [-0.3, -0.25) is 0 Å². The summed E-state index contributed by atoms with van der Waals surface area (Å²) in [5, 5.41) is 0. The van der Waals surface area contributed by atoms with E-state index in [1.54, 1.807) is 7.11 Å². The largest absolute Gasteiger partial charge is 0.496 e. The standard InChI is InChI=1S/C14H17N3O/c1-9-4-10(2)14(18-3)12(5-9)13-6-11(7-15)16-8-17-13/h4-6,8H,7,15H2,1-3H3. The number of nitrogens with zero attached hydrogens (tertiary/aromatic N) is 2. The maximum Gasteiger partial charge on any atom is 0.131 e. The normalized spacial score (nSPS) is 10.4. The number of hydrogen-bond donors (Lipinski definition) is 1. The van der Waals surface area contributed by atoms with E-state index in [1.807, 2.05) is 13.0 Å². The quantitative estimate of drug-likeness (QED) is 0.898. The van der Waals surface area contributed by atoms with Gasteiger partial charge in [-0.25, -0.2) is 9.97 Å². The van der Waals surface area contributed by atoms with Crippen LogP contribution in [0.3, 0.4) is 0 Å². The fourth-order valence-corrected chi connectivity index (χ4v) is 2.07. The Balaban J connectivity index is 2.61. The zero-order chi connectivity index (χ0) is 13.1. The van der Waals surface area contributed by atoms with E-state index in [0.717, 1.165) is 28.3 Å². The molecule has 2 N–H and O–H groups in total. The Morgan fingerprint density at radius 1 is 1.17 bits per heavy atom. The second-order valence-corrected chi connectivity index (χ2v) is 4.26. The van der Waals surface area contributed by atoms with E-state index in [9.17, 15) is 0 Å². The molecule has 0 amide bonds. The minimum atomic E-state index is 0.405. The number of aryl methyl sites for hydroxylation is 2. The van der Waals surface area contributed by atoms with Crippen molar-refractivity contribution < 1.29 is 4.74 Å². The predicted molar refractivity (Wildman–Crippen MR) is 71.4 cm³/mol. The Labute approximate surface area is 107 Å². The number of benzene rings is 1. The molecule has 94 valence electrons. The molecule has 0 saturated carbocycles. The van der Waals surface area contributed by atoms with Gasteiger partial charge in [0.1, 0.15) is 12.1 Å². The van der Waals surface area contributed by atoms with E-state index in [0.29, 0.717) is 6.54 Å². The zero-order valence-corrected chi connectivity index (χ0v) is 10.9. The third kappa shape index (κ3) is 2.33. The molecule has 4 nitrogen and oxygen atoms in total. The van der Waals surface area contributed by atoms with Crippen molar-refractivity contribution in [3.05, 3.63) is 41.3 Å². The van der Waals surface area contributed by atoms with Crippen molar-refractivity contribution >= 4 is 0 Å². The average molecular weight is 243 g/mol. The summed E-state index contributed by atoms with van der Waals surface area (Å²) in [6.07, 6.45) is 1.54. The first-order valence-corrected chi connectivity index (χ1v) is 5.82. The van der Waals surface area contributed by atoms with Gasteiger partial charge in [0.25, 0.3) is 0 Å². The molecule has 0 aliphatic heterocycles. The van der Waals surface area contributed by atoms with Crippen LogP contribution in [0.25, 0.3) is 11.3 Å². The minimum Gasteiger partial charge on any atom is -0.496 e. The lowest BCUT2D eigenvalue weighted by molar-refractivity contribution is 0.413. The smallest absolute Gasteiger partial charge is 0.131 e.